The molecule has 0 aliphatic carbocycles. The van der Waals surface area contributed by atoms with Crippen molar-refractivity contribution in [2.45, 2.75) is 13.1 Å². The van der Waals surface area contributed by atoms with Crippen LogP contribution in [0.15, 0.2) is 12.1 Å². The second-order valence-electron chi connectivity index (χ2n) is 3.62. The molecule has 0 bridgehead atoms. The highest BCUT2D eigenvalue weighted by Crippen LogP contribution is 2.18. The molecule has 16 heavy (non-hydrogen) atoms. The Labute approximate surface area is 95.7 Å². The molecule has 0 spiro atoms. The third kappa shape index (κ3) is 4.32. The Morgan fingerprint density at radius 1 is 1.44 bits per heavy atom. The number of alkyl halides is 3. The number of thiophene rings is 1. The molecule has 0 saturated heterocycles. The second-order valence-corrected chi connectivity index (χ2v) is 4.91. The van der Waals surface area contributed by atoms with Crippen molar-refractivity contribution >= 4 is 17.1 Å². The number of rotatable bonds is 4. The van der Waals surface area contributed by atoms with Crippen LogP contribution in [0.5, 0.6) is 0 Å². The largest absolute Gasteiger partial charge is 0.401 e. The maximum absolute atomic E-state index is 12.0. The minimum absolute atomic E-state index is 0.209. The van der Waals surface area contributed by atoms with Crippen LogP contribution in [0.2, 0.25) is 0 Å². The summed E-state index contributed by atoms with van der Waals surface area (Å²) in [5.41, 5.74) is 0. The minimum atomic E-state index is -4.26. The fraction of sp³-hybridized carbons (Fsp3) is 0.500. The molecule has 0 atom stereocenters. The van der Waals surface area contributed by atoms with E-state index >= 15 is 0 Å². The van der Waals surface area contributed by atoms with E-state index in [2.05, 4.69) is 0 Å². The monoisotopic (exact) mass is 251 g/mol. The van der Waals surface area contributed by atoms with Crippen LogP contribution in [0.4, 0.5) is 13.2 Å². The summed E-state index contributed by atoms with van der Waals surface area (Å²) in [7, 11) is 1.28. The van der Waals surface area contributed by atoms with Gasteiger partial charge < -0.3 is 0 Å². The van der Waals surface area contributed by atoms with Gasteiger partial charge in [-0.05, 0) is 26.1 Å². The van der Waals surface area contributed by atoms with Gasteiger partial charge >= 0.3 is 6.18 Å². The third-order valence-electron chi connectivity index (χ3n) is 1.88. The highest BCUT2D eigenvalue weighted by molar-refractivity contribution is 7.14. The van der Waals surface area contributed by atoms with E-state index < -0.39 is 12.7 Å². The molecule has 1 rings (SSSR count). The molecule has 0 amide bonds. The van der Waals surface area contributed by atoms with E-state index in [1.165, 1.54) is 18.4 Å². The molecule has 0 aliphatic rings. The van der Waals surface area contributed by atoms with Crippen molar-refractivity contribution in [3.8, 4) is 0 Å². The van der Waals surface area contributed by atoms with Crippen LogP contribution in [0.3, 0.4) is 0 Å². The fourth-order valence-electron chi connectivity index (χ4n) is 1.27. The maximum atomic E-state index is 12.0. The molecule has 0 radical (unpaired) electrons. The molecule has 0 unspecified atom stereocenters. The van der Waals surface area contributed by atoms with Crippen molar-refractivity contribution in [2.75, 3.05) is 20.1 Å². The normalized spacial score (nSPS) is 12.1. The smallest absolute Gasteiger partial charge is 0.292 e. The molecule has 90 valence electrons. The lowest BCUT2D eigenvalue weighted by atomic mass is 10.3. The number of nitrogens with zero attached hydrogens (tertiary/aromatic N) is 1. The number of carbonyl (C=O) groups is 1. The highest BCUT2D eigenvalue weighted by Gasteiger charge is 2.29. The molecule has 0 fully saturated rings. The topological polar surface area (TPSA) is 20.3 Å². The number of Topliss-reactive ketones (excluding diaryl/α,β-unsaturated/α-hetero) is 1. The lowest BCUT2D eigenvalue weighted by molar-refractivity contribution is -0.141. The van der Waals surface area contributed by atoms with Gasteiger partial charge in [0.15, 0.2) is 5.78 Å². The fourth-order valence-corrected chi connectivity index (χ4v) is 2.07. The second kappa shape index (κ2) is 4.97. The van der Waals surface area contributed by atoms with Crippen LogP contribution in [0.1, 0.15) is 14.5 Å². The van der Waals surface area contributed by atoms with Crippen molar-refractivity contribution < 1.29 is 18.0 Å². The zero-order valence-electron chi connectivity index (χ0n) is 8.97. The molecule has 1 heterocycles. The Balaban J connectivity index is 2.52. The van der Waals surface area contributed by atoms with E-state index in [0.717, 1.165) is 9.78 Å². The summed E-state index contributed by atoms with van der Waals surface area (Å²) >= 11 is 1.30. The molecular formula is C10H12F3NOS. The zero-order chi connectivity index (χ0) is 12.3. The van der Waals surface area contributed by atoms with E-state index in [-0.39, 0.29) is 12.3 Å². The summed E-state index contributed by atoms with van der Waals surface area (Å²) in [5, 5.41) is 0. The van der Waals surface area contributed by atoms with Gasteiger partial charge in [0.05, 0.1) is 18.0 Å². The predicted molar refractivity (Wildman–Crippen MR) is 56.9 cm³/mol. The number of halogens is 3. The number of likely N-dealkylation sites (N-methyl/N-ethyl adjacent to an activating group) is 1. The van der Waals surface area contributed by atoms with Crippen molar-refractivity contribution in [1.29, 1.82) is 0 Å². The van der Waals surface area contributed by atoms with Crippen LogP contribution >= 0.6 is 11.3 Å². The lowest BCUT2D eigenvalue weighted by Gasteiger charge is -2.16. The molecule has 1 aromatic rings. The summed E-state index contributed by atoms with van der Waals surface area (Å²) in [6.45, 7) is 0.573. The van der Waals surface area contributed by atoms with Gasteiger partial charge in [-0.2, -0.15) is 13.2 Å². The number of ketones is 1. The number of hydrogen-bond acceptors (Lipinski definition) is 3. The molecular weight excluding hydrogens is 239 g/mol. The van der Waals surface area contributed by atoms with Crippen molar-refractivity contribution in [3.63, 3.8) is 0 Å². The van der Waals surface area contributed by atoms with Gasteiger partial charge in [0.1, 0.15) is 0 Å². The number of aryl methyl sites for hydroxylation is 1. The summed E-state index contributed by atoms with van der Waals surface area (Å²) in [4.78, 5) is 14.0. The Bertz CT molecular complexity index is 372. The molecule has 2 nitrogen and oxygen atoms in total. The Kier molecular flexibility index (Phi) is 4.09. The Morgan fingerprint density at radius 2 is 2.06 bits per heavy atom. The lowest BCUT2D eigenvalue weighted by Crippen LogP contribution is -2.34. The van der Waals surface area contributed by atoms with Crippen LogP contribution in [0, 0.1) is 6.92 Å². The van der Waals surface area contributed by atoms with Gasteiger partial charge in [-0.3, -0.25) is 9.69 Å². The van der Waals surface area contributed by atoms with E-state index in [1.807, 2.05) is 6.92 Å². The first-order valence-electron chi connectivity index (χ1n) is 4.63. The first-order chi connectivity index (χ1) is 7.28. The van der Waals surface area contributed by atoms with Crippen LogP contribution < -0.4 is 0 Å². The first-order valence-corrected chi connectivity index (χ1v) is 5.44. The average Bonchev–Trinajstić information content (AvgIpc) is 2.47. The average molecular weight is 251 g/mol. The zero-order valence-corrected chi connectivity index (χ0v) is 9.78. The van der Waals surface area contributed by atoms with Gasteiger partial charge in [0.2, 0.25) is 0 Å². The molecule has 0 aliphatic heterocycles. The van der Waals surface area contributed by atoms with E-state index in [9.17, 15) is 18.0 Å². The minimum Gasteiger partial charge on any atom is -0.292 e. The summed E-state index contributed by atoms with van der Waals surface area (Å²) in [6.07, 6.45) is -4.26. The van der Waals surface area contributed by atoms with Crippen LogP contribution in [-0.2, 0) is 0 Å². The van der Waals surface area contributed by atoms with Crippen LogP contribution in [-0.4, -0.2) is 37.0 Å². The molecule has 6 heteroatoms. The quantitative estimate of drug-likeness (QED) is 0.767. The van der Waals surface area contributed by atoms with Crippen molar-refractivity contribution in [1.82, 2.24) is 4.90 Å². The van der Waals surface area contributed by atoms with Crippen LogP contribution in [0.25, 0.3) is 0 Å². The van der Waals surface area contributed by atoms with Crippen molar-refractivity contribution in [3.05, 3.63) is 21.9 Å². The molecule has 0 saturated carbocycles. The first kappa shape index (κ1) is 13.2. The van der Waals surface area contributed by atoms with Gasteiger partial charge in [0, 0.05) is 4.88 Å². The SMILES string of the molecule is Cc1ccc(C(=O)CN(C)CC(F)(F)F)s1. The maximum Gasteiger partial charge on any atom is 0.401 e. The molecule has 1 aromatic heterocycles. The summed E-state index contributed by atoms with van der Waals surface area (Å²) < 4.78 is 36.0. The van der Waals surface area contributed by atoms with Gasteiger partial charge in [-0.1, -0.05) is 0 Å². The standard InChI is InChI=1S/C10H12F3NOS/c1-7-3-4-9(16-7)8(15)5-14(2)6-10(11,12)13/h3-4H,5-6H2,1-2H3. The Hall–Kier alpha value is -0.880. The van der Waals surface area contributed by atoms with Gasteiger partial charge in [-0.15, -0.1) is 11.3 Å². The van der Waals surface area contributed by atoms with Gasteiger partial charge in [0.25, 0.3) is 0 Å². The third-order valence-corrected chi connectivity index (χ3v) is 2.92. The van der Waals surface area contributed by atoms with E-state index in [0.29, 0.717) is 4.88 Å². The van der Waals surface area contributed by atoms with Gasteiger partial charge in [-0.25, -0.2) is 0 Å². The Morgan fingerprint density at radius 3 is 2.50 bits per heavy atom. The highest BCUT2D eigenvalue weighted by atomic mass is 32.1. The summed E-state index contributed by atoms with van der Waals surface area (Å²) in [6, 6.07) is 3.42. The van der Waals surface area contributed by atoms with E-state index in [4.69, 9.17) is 0 Å². The van der Waals surface area contributed by atoms with Crippen molar-refractivity contribution in [2.24, 2.45) is 0 Å². The summed E-state index contributed by atoms with van der Waals surface area (Å²) in [5.74, 6) is -0.273. The predicted octanol–water partition coefficient (Wildman–Crippen LogP) is 2.73. The molecule has 0 aromatic carbocycles. The molecule has 0 N–H and O–H groups in total. The van der Waals surface area contributed by atoms with E-state index in [1.54, 1.807) is 12.1 Å². The number of carbonyl (C=O) groups excluding carboxylic acids is 1. The number of hydrogen-bond donors (Lipinski definition) is 0.